The summed E-state index contributed by atoms with van der Waals surface area (Å²) in [7, 11) is 0. The van der Waals surface area contributed by atoms with Gasteiger partial charge in [-0.3, -0.25) is 4.90 Å². The molecule has 0 atom stereocenters. The number of thioether (sulfide) groups is 1. The Morgan fingerprint density at radius 3 is 2.42 bits per heavy atom. The topological polar surface area (TPSA) is 15.3 Å². The van der Waals surface area contributed by atoms with Crippen LogP contribution in [-0.4, -0.2) is 36.3 Å². The van der Waals surface area contributed by atoms with Gasteiger partial charge in [-0.05, 0) is 30.5 Å². The molecule has 1 N–H and O–H groups in total. The summed E-state index contributed by atoms with van der Waals surface area (Å²) in [4.78, 5) is 3.99. The third kappa shape index (κ3) is 3.98. The van der Waals surface area contributed by atoms with Gasteiger partial charge in [-0.25, -0.2) is 0 Å². The van der Waals surface area contributed by atoms with E-state index in [0.29, 0.717) is 0 Å². The molecule has 104 valence electrons. The number of hydrogen-bond donors (Lipinski definition) is 1. The Hall–Kier alpha value is -0.510. The molecule has 1 aliphatic heterocycles. The van der Waals surface area contributed by atoms with Crippen molar-refractivity contribution in [2.24, 2.45) is 0 Å². The SMILES string of the molecule is c1cc(SC2CCCC2)ccc1CN1CCNCC1. The second kappa shape index (κ2) is 6.78. The molecule has 0 bridgehead atoms. The molecular formula is C16H24N2S. The highest BCUT2D eigenvalue weighted by Gasteiger charge is 2.16. The van der Waals surface area contributed by atoms with Gasteiger partial charge in [-0.2, -0.15) is 0 Å². The molecule has 3 heteroatoms. The molecule has 1 heterocycles. The van der Waals surface area contributed by atoms with Crippen molar-refractivity contribution in [1.82, 2.24) is 10.2 Å². The Balaban J connectivity index is 1.52. The van der Waals surface area contributed by atoms with Crippen LogP contribution in [0, 0.1) is 0 Å². The van der Waals surface area contributed by atoms with Crippen LogP contribution >= 0.6 is 11.8 Å². The van der Waals surface area contributed by atoms with Gasteiger partial charge >= 0.3 is 0 Å². The lowest BCUT2D eigenvalue weighted by Gasteiger charge is -2.27. The zero-order valence-corrected chi connectivity index (χ0v) is 12.4. The normalized spacial score (nSPS) is 21.9. The van der Waals surface area contributed by atoms with E-state index in [1.165, 1.54) is 49.2 Å². The van der Waals surface area contributed by atoms with Gasteiger partial charge in [0.05, 0.1) is 0 Å². The quantitative estimate of drug-likeness (QED) is 0.909. The highest BCUT2D eigenvalue weighted by molar-refractivity contribution is 8.00. The number of rotatable bonds is 4. The van der Waals surface area contributed by atoms with Crippen molar-refractivity contribution in [3.8, 4) is 0 Å². The number of nitrogens with one attached hydrogen (secondary N) is 1. The van der Waals surface area contributed by atoms with E-state index in [1.807, 2.05) is 0 Å². The minimum atomic E-state index is 0.874. The first-order valence-corrected chi connectivity index (χ1v) is 8.47. The average molecular weight is 276 g/mol. The second-order valence-electron chi connectivity index (χ2n) is 5.69. The van der Waals surface area contributed by atoms with Crippen LogP contribution < -0.4 is 5.32 Å². The summed E-state index contributed by atoms with van der Waals surface area (Å²) in [6.07, 6.45) is 5.68. The zero-order valence-electron chi connectivity index (χ0n) is 11.6. The lowest BCUT2D eigenvalue weighted by molar-refractivity contribution is 0.233. The van der Waals surface area contributed by atoms with Gasteiger partial charge in [0.15, 0.2) is 0 Å². The maximum absolute atomic E-state index is 3.40. The van der Waals surface area contributed by atoms with E-state index in [1.54, 1.807) is 0 Å². The van der Waals surface area contributed by atoms with Gasteiger partial charge in [0.25, 0.3) is 0 Å². The molecule has 2 aliphatic rings. The highest BCUT2D eigenvalue weighted by Crippen LogP contribution is 2.34. The fourth-order valence-corrected chi connectivity index (χ4v) is 4.25. The standard InChI is InChI=1S/C16H24N2S/c1-2-4-15(3-1)19-16-7-5-14(6-8-16)13-18-11-9-17-10-12-18/h5-8,15,17H,1-4,9-13H2. The highest BCUT2D eigenvalue weighted by atomic mass is 32.2. The molecule has 3 rings (SSSR count). The van der Waals surface area contributed by atoms with Crippen LogP contribution in [0.25, 0.3) is 0 Å². The summed E-state index contributed by atoms with van der Waals surface area (Å²) in [6, 6.07) is 9.28. The van der Waals surface area contributed by atoms with Crippen molar-refractivity contribution in [2.75, 3.05) is 26.2 Å². The van der Waals surface area contributed by atoms with Crippen LogP contribution in [0.4, 0.5) is 0 Å². The molecule has 2 nitrogen and oxygen atoms in total. The summed E-state index contributed by atoms with van der Waals surface area (Å²) in [5, 5.41) is 4.28. The summed E-state index contributed by atoms with van der Waals surface area (Å²) >= 11 is 2.08. The van der Waals surface area contributed by atoms with Gasteiger partial charge < -0.3 is 5.32 Å². The molecule has 19 heavy (non-hydrogen) atoms. The molecule has 2 fully saturated rings. The number of hydrogen-bond acceptors (Lipinski definition) is 3. The van der Waals surface area contributed by atoms with Gasteiger partial charge in [-0.1, -0.05) is 25.0 Å². The van der Waals surface area contributed by atoms with E-state index in [2.05, 4.69) is 46.2 Å². The fraction of sp³-hybridized carbons (Fsp3) is 0.625. The second-order valence-corrected chi connectivity index (χ2v) is 7.07. The van der Waals surface area contributed by atoms with E-state index >= 15 is 0 Å². The van der Waals surface area contributed by atoms with Crippen molar-refractivity contribution < 1.29 is 0 Å². The lowest BCUT2D eigenvalue weighted by atomic mass is 10.2. The number of nitrogens with zero attached hydrogens (tertiary/aromatic N) is 1. The predicted octanol–water partition coefficient (Wildman–Crippen LogP) is 3.13. The molecule has 1 aromatic carbocycles. The van der Waals surface area contributed by atoms with Crippen LogP contribution in [0.3, 0.4) is 0 Å². The molecule has 1 aromatic rings. The van der Waals surface area contributed by atoms with Crippen molar-refractivity contribution in [3.63, 3.8) is 0 Å². The minimum Gasteiger partial charge on any atom is -0.314 e. The molecule has 0 amide bonds. The Morgan fingerprint density at radius 1 is 1.05 bits per heavy atom. The van der Waals surface area contributed by atoms with E-state index in [-0.39, 0.29) is 0 Å². The monoisotopic (exact) mass is 276 g/mol. The average Bonchev–Trinajstić information content (AvgIpc) is 2.95. The molecule has 0 radical (unpaired) electrons. The number of piperazine rings is 1. The van der Waals surface area contributed by atoms with Crippen LogP contribution in [0.2, 0.25) is 0 Å². The summed E-state index contributed by atoms with van der Waals surface area (Å²) in [5.41, 5.74) is 1.46. The first-order valence-electron chi connectivity index (χ1n) is 7.59. The van der Waals surface area contributed by atoms with Gasteiger partial charge in [0, 0.05) is 42.9 Å². The van der Waals surface area contributed by atoms with E-state index in [9.17, 15) is 0 Å². The molecule has 1 saturated heterocycles. The van der Waals surface area contributed by atoms with Crippen molar-refractivity contribution >= 4 is 11.8 Å². The third-order valence-corrected chi connectivity index (χ3v) is 5.49. The molecule has 1 saturated carbocycles. The zero-order chi connectivity index (χ0) is 12.9. The van der Waals surface area contributed by atoms with Crippen molar-refractivity contribution in [1.29, 1.82) is 0 Å². The Bertz CT molecular complexity index is 378. The van der Waals surface area contributed by atoms with Gasteiger partial charge in [-0.15, -0.1) is 11.8 Å². The molecule has 1 aliphatic carbocycles. The first-order chi connectivity index (χ1) is 9.40. The number of benzene rings is 1. The predicted molar refractivity (Wildman–Crippen MR) is 82.7 cm³/mol. The molecular weight excluding hydrogens is 252 g/mol. The summed E-state index contributed by atoms with van der Waals surface area (Å²) < 4.78 is 0. The first kappa shape index (κ1) is 13.5. The van der Waals surface area contributed by atoms with E-state index < -0.39 is 0 Å². The maximum atomic E-state index is 3.40. The Labute approximate surface area is 121 Å². The smallest absolute Gasteiger partial charge is 0.0234 e. The maximum Gasteiger partial charge on any atom is 0.0234 e. The van der Waals surface area contributed by atoms with Crippen LogP contribution in [0.1, 0.15) is 31.2 Å². The largest absolute Gasteiger partial charge is 0.314 e. The molecule has 0 aromatic heterocycles. The van der Waals surface area contributed by atoms with Crippen LogP contribution in [-0.2, 0) is 6.54 Å². The van der Waals surface area contributed by atoms with Crippen molar-refractivity contribution in [2.45, 2.75) is 42.4 Å². The summed E-state index contributed by atoms with van der Waals surface area (Å²) in [6.45, 7) is 5.73. The van der Waals surface area contributed by atoms with E-state index in [4.69, 9.17) is 0 Å². The van der Waals surface area contributed by atoms with Crippen LogP contribution in [0.5, 0.6) is 0 Å². The van der Waals surface area contributed by atoms with Gasteiger partial charge in [0.1, 0.15) is 0 Å². The van der Waals surface area contributed by atoms with Crippen molar-refractivity contribution in [3.05, 3.63) is 29.8 Å². The summed E-state index contributed by atoms with van der Waals surface area (Å²) in [5.74, 6) is 0. The molecule has 0 unspecified atom stereocenters. The third-order valence-electron chi connectivity index (χ3n) is 4.14. The fourth-order valence-electron chi connectivity index (χ4n) is 3.00. The minimum absolute atomic E-state index is 0.874. The lowest BCUT2D eigenvalue weighted by Crippen LogP contribution is -2.42. The Kier molecular flexibility index (Phi) is 4.81. The molecule has 0 spiro atoms. The Morgan fingerprint density at radius 2 is 1.74 bits per heavy atom. The van der Waals surface area contributed by atoms with Crippen LogP contribution in [0.15, 0.2) is 29.2 Å². The van der Waals surface area contributed by atoms with Gasteiger partial charge in [0.2, 0.25) is 0 Å². The van der Waals surface area contributed by atoms with E-state index in [0.717, 1.165) is 24.9 Å².